The standard InChI is InChI=1S/C25H16FN3O4S/c1-32-18-10-11-20-22(12-18)34-25(28-20)29(24(31)15-6-8-17(26)9-7-15)27-13-16-14-33-21-5-3-2-4-19(21)23(16)30/h2-14H,1H3/b27-13+. The predicted octanol–water partition coefficient (Wildman–Crippen LogP) is 5.23. The number of hydrogen-bond donors (Lipinski definition) is 0. The maximum atomic E-state index is 13.4. The third kappa shape index (κ3) is 4.04. The van der Waals surface area contributed by atoms with Crippen molar-refractivity contribution in [1.82, 2.24) is 4.98 Å². The lowest BCUT2D eigenvalue weighted by molar-refractivity contribution is 0.0988. The Labute approximate surface area is 196 Å². The second-order valence-electron chi connectivity index (χ2n) is 7.21. The van der Waals surface area contributed by atoms with Gasteiger partial charge in [-0.2, -0.15) is 10.1 Å². The molecule has 1 amide bonds. The molecule has 7 nitrogen and oxygen atoms in total. The van der Waals surface area contributed by atoms with Crippen LogP contribution in [0.2, 0.25) is 0 Å². The number of anilines is 1. The zero-order valence-electron chi connectivity index (χ0n) is 17.8. The third-order valence-corrected chi connectivity index (χ3v) is 6.06. The van der Waals surface area contributed by atoms with Crippen LogP contribution >= 0.6 is 11.3 Å². The number of amides is 1. The molecule has 2 aromatic heterocycles. The molecule has 9 heteroatoms. The molecule has 3 aromatic carbocycles. The fourth-order valence-electron chi connectivity index (χ4n) is 3.32. The Bertz CT molecular complexity index is 1610. The summed E-state index contributed by atoms with van der Waals surface area (Å²) in [5.74, 6) is -0.351. The molecule has 5 rings (SSSR count). The summed E-state index contributed by atoms with van der Waals surface area (Å²) in [6, 6.07) is 17.3. The van der Waals surface area contributed by atoms with E-state index in [2.05, 4.69) is 10.1 Å². The molecule has 0 spiro atoms. The molecule has 0 bridgehead atoms. The van der Waals surface area contributed by atoms with Gasteiger partial charge in [-0.1, -0.05) is 23.5 Å². The number of nitrogens with zero attached hydrogens (tertiary/aromatic N) is 3. The number of carbonyl (C=O) groups excluding carboxylic acids is 1. The molecule has 0 N–H and O–H groups in total. The van der Waals surface area contributed by atoms with E-state index in [4.69, 9.17) is 9.15 Å². The summed E-state index contributed by atoms with van der Waals surface area (Å²) < 4.78 is 25.0. The average Bonchev–Trinajstić information content (AvgIpc) is 3.28. The second-order valence-corrected chi connectivity index (χ2v) is 8.22. The number of benzene rings is 3. The van der Waals surface area contributed by atoms with Crippen LogP contribution in [0.1, 0.15) is 15.9 Å². The number of hydrazone groups is 1. The molecule has 0 radical (unpaired) electrons. The molecule has 0 saturated heterocycles. The largest absolute Gasteiger partial charge is 0.497 e. The van der Waals surface area contributed by atoms with Gasteiger partial charge in [0, 0.05) is 5.56 Å². The van der Waals surface area contributed by atoms with Crippen LogP contribution in [0.3, 0.4) is 0 Å². The van der Waals surface area contributed by atoms with Crippen LogP contribution < -0.4 is 15.2 Å². The first kappa shape index (κ1) is 21.5. The Morgan fingerprint density at radius 2 is 1.94 bits per heavy atom. The van der Waals surface area contributed by atoms with Gasteiger partial charge in [0.2, 0.25) is 10.6 Å². The quantitative estimate of drug-likeness (QED) is 0.258. The Morgan fingerprint density at radius 3 is 2.74 bits per heavy atom. The highest BCUT2D eigenvalue weighted by molar-refractivity contribution is 7.22. The smallest absolute Gasteiger partial charge is 0.280 e. The van der Waals surface area contributed by atoms with Gasteiger partial charge in [0.25, 0.3) is 5.91 Å². The summed E-state index contributed by atoms with van der Waals surface area (Å²) in [6.45, 7) is 0. The minimum atomic E-state index is -0.535. The fraction of sp³-hybridized carbons (Fsp3) is 0.0400. The Balaban J connectivity index is 1.59. The molecular formula is C25H16FN3O4S. The minimum absolute atomic E-state index is 0.165. The lowest BCUT2D eigenvalue weighted by Gasteiger charge is -2.13. The van der Waals surface area contributed by atoms with E-state index < -0.39 is 11.7 Å². The van der Waals surface area contributed by atoms with Crippen LogP contribution in [-0.2, 0) is 0 Å². The maximum absolute atomic E-state index is 13.4. The summed E-state index contributed by atoms with van der Waals surface area (Å²) in [7, 11) is 1.56. The van der Waals surface area contributed by atoms with Crippen molar-refractivity contribution in [3.05, 3.63) is 100 Å². The second kappa shape index (κ2) is 8.87. The number of hydrogen-bond acceptors (Lipinski definition) is 7. The van der Waals surface area contributed by atoms with Gasteiger partial charge in [-0.25, -0.2) is 9.37 Å². The summed E-state index contributed by atoms with van der Waals surface area (Å²) in [5.41, 5.74) is 1.19. The van der Waals surface area contributed by atoms with Gasteiger partial charge in [0.15, 0.2) is 0 Å². The van der Waals surface area contributed by atoms with Crippen LogP contribution in [0.25, 0.3) is 21.2 Å². The van der Waals surface area contributed by atoms with Crippen LogP contribution in [0.5, 0.6) is 5.75 Å². The summed E-state index contributed by atoms with van der Waals surface area (Å²) in [4.78, 5) is 30.7. The highest BCUT2D eigenvalue weighted by atomic mass is 32.1. The maximum Gasteiger partial charge on any atom is 0.280 e. The van der Waals surface area contributed by atoms with Crippen LogP contribution in [-0.4, -0.2) is 24.2 Å². The molecule has 0 aliphatic heterocycles. The number of halogens is 1. The molecule has 0 fully saturated rings. The number of rotatable bonds is 5. The van der Waals surface area contributed by atoms with E-state index in [1.165, 1.54) is 48.1 Å². The third-order valence-electron chi connectivity index (χ3n) is 5.07. The Morgan fingerprint density at radius 1 is 1.15 bits per heavy atom. The van der Waals surface area contributed by atoms with E-state index in [-0.39, 0.29) is 21.7 Å². The number of ether oxygens (including phenoxy) is 1. The van der Waals surface area contributed by atoms with Crippen molar-refractivity contribution in [3.8, 4) is 5.75 Å². The number of thiazole rings is 1. The molecular weight excluding hydrogens is 457 g/mol. The van der Waals surface area contributed by atoms with Crippen molar-refractivity contribution in [2.75, 3.05) is 12.1 Å². The van der Waals surface area contributed by atoms with E-state index >= 15 is 0 Å². The summed E-state index contributed by atoms with van der Waals surface area (Å²) >= 11 is 1.23. The van der Waals surface area contributed by atoms with Gasteiger partial charge >= 0.3 is 0 Å². The number of aromatic nitrogens is 1. The van der Waals surface area contributed by atoms with Crippen LogP contribution in [0.4, 0.5) is 9.52 Å². The van der Waals surface area contributed by atoms with Crippen molar-refractivity contribution in [2.24, 2.45) is 5.10 Å². The molecule has 0 aliphatic carbocycles. The first-order valence-electron chi connectivity index (χ1n) is 10.1. The van der Waals surface area contributed by atoms with E-state index in [1.807, 2.05) is 0 Å². The fourth-order valence-corrected chi connectivity index (χ4v) is 4.27. The number of carbonyl (C=O) groups is 1. The lowest BCUT2D eigenvalue weighted by atomic mass is 10.2. The zero-order chi connectivity index (χ0) is 23.7. The molecule has 0 unspecified atom stereocenters. The average molecular weight is 473 g/mol. The summed E-state index contributed by atoms with van der Waals surface area (Å²) in [5, 5.41) is 6.05. The van der Waals surface area contributed by atoms with Gasteiger partial charge in [0.1, 0.15) is 23.4 Å². The molecule has 5 aromatic rings. The number of fused-ring (bicyclic) bond motifs is 2. The van der Waals surface area contributed by atoms with E-state index in [1.54, 1.807) is 49.6 Å². The predicted molar refractivity (Wildman–Crippen MR) is 129 cm³/mol. The van der Waals surface area contributed by atoms with Crippen molar-refractivity contribution in [3.63, 3.8) is 0 Å². The molecule has 0 atom stereocenters. The van der Waals surface area contributed by atoms with Crippen molar-refractivity contribution >= 4 is 49.8 Å². The first-order valence-corrected chi connectivity index (χ1v) is 10.9. The molecule has 168 valence electrons. The highest BCUT2D eigenvalue weighted by Gasteiger charge is 2.21. The molecule has 34 heavy (non-hydrogen) atoms. The van der Waals surface area contributed by atoms with Crippen molar-refractivity contribution in [1.29, 1.82) is 0 Å². The van der Waals surface area contributed by atoms with Gasteiger partial charge in [-0.15, -0.1) is 0 Å². The van der Waals surface area contributed by atoms with Crippen molar-refractivity contribution in [2.45, 2.75) is 0 Å². The highest BCUT2D eigenvalue weighted by Crippen LogP contribution is 2.32. The van der Waals surface area contributed by atoms with Crippen molar-refractivity contribution < 1.29 is 18.3 Å². The number of methoxy groups -OCH3 is 1. The lowest BCUT2D eigenvalue weighted by Crippen LogP contribution is -2.26. The topological polar surface area (TPSA) is 85.0 Å². The van der Waals surface area contributed by atoms with Gasteiger partial charge in [0.05, 0.1) is 34.5 Å². The van der Waals surface area contributed by atoms with Gasteiger partial charge in [-0.05, 0) is 54.6 Å². The van der Waals surface area contributed by atoms with E-state index in [0.29, 0.717) is 22.2 Å². The normalized spacial score (nSPS) is 11.4. The van der Waals surface area contributed by atoms with Gasteiger partial charge < -0.3 is 9.15 Å². The molecule has 0 aliphatic rings. The van der Waals surface area contributed by atoms with Gasteiger partial charge in [-0.3, -0.25) is 9.59 Å². The number of para-hydroxylation sites is 1. The Kier molecular flexibility index (Phi) is 5.60. The monoisotopic (exact) mass is 473 g/mol. The summed E-state index contributed by atoms with van der Waals surface area (Å²) in [6.07, 6.45) is 2.55. The first-order chi connectivity index (χ1) is 16.5. The SMILES string of the molecule is COc1ccc2nc(N(/N=C/c3coc4ccccc4c3=O)C(=O)c3ccc(F)cc3)sc2c1. The minimum Gasteiger partial charge on any atom is -0.497 e. The molecule has 0 saturated carbocycles. The van der Waals surface area contributed by atoms with Crippen LogP contribution in [0.15, 0.2) is 87.3 Å². The molecule has 2 heterocycles. The zero-order valence-corrected chi connectivity index (χ0v) is 18.6. The van der Waals surface area contributed by atoms with E-state index in [0.717, 1.165) is 9.71 Å². The van der Waals surface area contributed by atoms with E-state index in [9.17, 15) is 14.0 Å². The van der Waals surface area contributed by atoms with Crippen LogP contribution in [0, 0.1) is 5.82 Å². The Hall–Kier alpha value is -4.37.